The molecule has 25 heavy (non-hydrogen) atoms. The number of fused-ring (bicyclic) bond motifs is 3. The van der Waals surface area contributed by atoms with Gasteiger partial charge in [-0.3, -0.25) is 0 Å². The summed E-state index contributed by atoms with van der Waals surface area (Å²) in [6, 6.07) is 14.0. The Morgan fingerprint density at radius 1 is 1.12 bits per heavy atom. The van der Waals surface area contributed by atoms with E-state index in [2.05, 4.69) is 43.4 Å². The lowest BCUT2D eigenvalue weighted by molar-refractivity contribution is 0.270. The van der Waals surface area contributed by atoms with Crippen molar-refractivity contribution < 1.29 is 9.84 Å². The van der Waals surface area contributed by atoms with Gasteiger partial charge in [-0.1, -0.05) is 56.3 Å². The Morgan fingerprint density at radius 3 is 2.72 bits per heavy atom. The zero-order chi connectivity index (χ0) is 17.4. The maximum absolute atomic E-state index is 10.4. The molecule has 3 atom stereocenters. The smallest absolute Gasteiger partial charge is 0.142 e. The van der Waals surface area contributed by atoms with Crippen molar-refractivity contribution >= 4 is 5.69 Å². The van der Waals surface area contributed by atoms with Gasteiger partial charge in [0.25, 0.3) is 0 Å². The molecule has 0 radical (unpaired) electrons. The molecular weight excluding hydrogens is 310 g/mol. The van der Waals surface area contributed by atoms with Crippen molar-refractivity contribution in [2.24, 2.45) is 11.8 Å². The molecule has 2 aliphatic rings. The number of ether oxygens (including phenoxy) is 1. The lowest BCUT2D eigenvalue weighted by Crippen LogP contribution is -2.29. The SMILES string of the molecule is CC(C)COc1cccc2c1NC(c1ccccc1O)C1CC=CC21. The molecule has 0 saturated carbocycles. The molecule has 0 amide bonds. The van der Waals surface area contributed by atoms with Gasteiger partial charge in [-0.25, -0.2) is 0 Å². The summed E-state index contributed by atoms with van der Waals surface area (Å²) in [5.41, 5.74) is 3.33. The summed E-state index contributed by atoms with van der Waals surface area (Å²) in [7, 11) is 0. The Bertz CT molecular complexity index is 796. The Kier molecular flexibility index (Phi) is 4.16. The number of hydrogen-bond acceptors (Lipinski definition) is 3. The number of aromatic hydroxyl groups is 1. The van der Waals surface area contributed by atoms with Gasteiger partial charge in [-0.2, -0.15) is 0 Å². The number of hydrogen-bond donors (Lipinski definition) is 2. The second kappa shape index (κ2) is 6.47. The standard InChI is InChI=1S/C22H25NO2/c1-14(2)13-25-20-12-6-10-17-15-8-5-9-16(15)21(23-22(17)20)18-7-3-4-11-19(18)24/h3-8,10-12,14-16,21,23-24H,9,13H2,1-2H3. The van der Waals surface area contributed by atoms with Gasteiger partial charge in [-0.05, 0) is 36.0 Å². The molecule has 0 saturated heterocycles. The largest absolute Gasteiger partial charge is 0.508 e. The van der Waals surface area contributed by atoms with Gasteiger partial charge in [0.15, 0.2) is 0 Å². The summed E-state index contributed by atoms with van der Waals surface area (Å²) in [5.74, 6) is 2.53. The summed E-state index contributed by atoms with van der Waals surface area (Å²) in [6.45, 7) is 5.01. The van der Waals surface area contributed by atoms with Crippen LogP contribution in [0.1, 0.15) is 43.4 Å². The first-order valence-corrected chi connectivity index (χ1v) is 9.12. The van der Waals surface area contributed by atoms with Crippen molar-refractivity contribution in [3.8, 4) is 11.5 Å². The van der Waals surface area contributed by atoms with E-state index in [-0.39, 0.29) is 6.04 Å². The summed E-state index contributed by atoms with van der Waals surface area (Å²) in [5, 5.41) is 14.1. The Morgan fingerprint density at radius 2 is 1.92 bits per heavy atom. The lowest BCUT2D eigenvalue weighted by atomic mass is 9.76. The van der Waals surface area contributed by atoms with Gasteiger partial charge < -0.3 is 15.2 Å². The van der Waals surface area contributed by atoms with Crippen molar-refractivity contribution in [1.82, 2.24) is 0 Å². The van der Waals surface area contributed by atoms with Crippen molar-refractivity contribution in [3.05, 3.63) is 65.7 Å². The van der Waals surface area contributed by atoms with Crippen molar-refractivity contribution in [1.29, 1.82) is 0 Å². The van der Waals surface area contributed by atoms with E-state index in [0.29, 0.717) is 30.1 Å². The molecule has 1 aliphatic heterocycles. The monoisotopic (exact) mass is 335 g/mol. The molecule has 1 heterocycles. The highest BCUT2D eigenvalue weighted by Crippen LogP contribution is 2.53. The van der Waals surface area contributed by atoms with Crippen LogP contribution in [0.15, 0.2) is 54.6 Å². The minimum absolute atomic E-state index is 0.0810. The van der Waals surface area contributed by atoms with Crippen LogP contribution in [0.25, 0.3) is 0 Å². The molecule has 2 N–H and O–H groups in total. The average molecular weight is 335 g/mol. The van der Waals surface area contributed by atoms with E-state index < -0.39 is 0 Å². The molecule has 0 bridgehead atoms. The number of phenols is 1. The molecule has 2 aromatic rings. The van der Waals surface area contributed by atoms with Crippen molar-refractivity contribution in [2.75, 3.05) is 11.9 Å². The van der Waals surface area contributed by atoms with E-state index in [1.807, 2.05) is 24.3 Å². The van der Waals surface area contributed by atoms with E-state index >= 15 is 0 Å². The van der Waals surface area contributed by atoms with Crippen molar-refractivity contribution in [3.63, 3.8) is 0 Å². The fourth-order valence-corrected chi connectivity index (χ4v) is 4.03. The van der Waals surface area contributed by atoms with Crippen LogP contribution in [0.5, 0.6) is 11.5 Å². The van der Waals surface area contributed by atoms with Crippen LogP contribution in [0.4, 0.5) is 5.69 Å². The summed E-state index contributed by atoms with van der Waals surface area (Å²) < 4.78 is 6.08. The predicted molar refractivity (Wildman–Crippen MR) is 101 cm³/mol. The van der Waals surface area contributed by atoms with Crippen LogP contribution >= 0.6 is 0 Å². The van der Waals surface area contributed by atoms with Crippen LogP contribution in [0, 0.1) is 11.8 Å². The number of para-hydroxylation sites is 2. The van der Waals surface area contributed by atoms with E-state index in [1.54, 1.807) is 6.07 Å². The number of anilines is 1. The average Bonchev–Trinajstić information content (AvgIpc) is 3.10. The van der Waals surface area contributed by atoms with Gasteiger partial charge >= 0.3 is 0 Å². The third-order valence-electron chi connectivity index (χ3n) is 5.20. The van der Waals surface area contributed by atoms with Crippen LogP contribution in [0.3, 0.4) is 0 Å². The fourth-order valence-electron chi connectivity index (χ4n) is 4.03. The molecule has 2 aromatic carbocycles. The molecule has 3 unspecified atom stereocenters. The van der Waals surface area contributed by atoms with Gasteiger partial charge in [0.05, 0.1) is 18.3 Å². The van der Waals surface area contributed by atoms with Gasteiger partial charge in [0.1, 0.15) is 11.5 Å². The number of rotatable bonds is 4. The highest BCUT2D eigenvalue weighted by Gasteiger charge is 2.39. The minimum atomic E-state index is 0.0810. The van der Waals surface area contributed by atoms with Crippen molar-refractivity contribution in [2.45, 2.75) is 32.2 Å². The Balaban J connectivity index is 1.75. The van der Waals surface area contributed by atoms with Crippen LogP contribution in [0.2, 0.25) is 0 Å². The first kappa shape index (κ1) is 16.1. The Hall–Kier alpha value is -2.42. The third-order valence-corrected chi connectivity index (χ3v) is 5.20. The molecule has 3 heteroatoms. The molecule has 1 aliphatic carbocycles. The number of allylic oxidation sites excluding steroid dienone is 2. The van der Waals surface area contributed by atoms with E-state index in [4.69, 9.17) is 4.74 Å². The van der Waals surface area contributed by atoms with Gasteiger partial charge in [0, 0.05) is 11.5 Å². The van der Waals surface area contributed by atoms with E-state index in [9.17, 15) is 5.11 Å². The highest BCUT2D eigenvalue weighted by molar-refractivity contribution is 5.68. The lowest BCUT2D eigenvalue weighted by Gasteiger charge is -2.38. The molecular formula is C22H25NO2. The molecule has 130 valence electrons. The maximum Gasteiger partial charge on any atom is 0.142 e. The predicted octanol–water partition coefficient (Wildman–Crippen LogP) is 5.25. The Labute approximate surface area is 149 Å². The molecule has 4 rings (SSSR count). The van der Waals surface area contributed by atoms with E-state index in [1.165, 1.54) is 5.56 Å². The highest BCUT2D eigenvalue weighted by atomic mass is 16.5. The molecule has 0 fully saturated rings. The van der Waals surface area contributed by atoms with Crippen LogP contribution < -0.4 is 10.1 Å². The van der Waals surface area contributed by atoms with Crippen LogP contribution in [-0.4, -0.2) is 11.7 Å². The summed E-state index contributed by atoms with van der Waals surface area (Å²) >= 11 is 0. The first-order chi connectivity index (χ1) is 12.1. The summed E-state index contributed by atoms with van der Waals surface area (Å²) in [4.78, 5) is 0. The zero-order valence-corrected chi connectivity index (χ0v) is 14.8. The summed E-state index contributed by atoms with van der Waals surface area (Å²) in [6.07, 6.45) is 5.59. The first-order valence-electron chi connectivity index (χ1n) is 9.12. The second-order valence-corrected chi connectivity index (χ2v) is 7.46. The quantitative estimate of drug-likeness (QED) is 0.750. The molecule has 0 aromatic heterocycles. The van der Waals surface area contributed by atoms with Crippen LogP contribution in [-0.2, 0) is 0 Å². The second-order valence-electron chi connectivity index (χ2n) is 7.46. The third kappa shape index (κ3) is 2.88. The normalized spacial score (nSPS) is 23.9. The zero-order valence-electron chi connectivity index (χ0n) is 14.8. The molecule has 0 spiro atoms. The minimum Gasteiger partial charge on any atom is -0.508 e. The topological polar surface area (TPSA) is 41.5 Å². The fraction of sp³-hybridized carbons (Fsp3) is 0.364. The number of phenolic OH excluding ortho intramolecular Hbond substituents is 1. The maximum atomic E-state index is 10.4. The number of benzene rings is 2. The van der Waals surface area contributed by atoms with E-state index in [0.717, 1.165) is 23.4 Å². The molecule has 3 nitrogen and oxygen atoms in total. The van der Waals surface area contributed by atoms with Gasteiger partial charge in [0.2, 0.25) is 0 Å². The number of nitrogens with one attached hydrogen (secondary N) is 1. The van der Waals surface area contributed by atoms with Gasteiger partial charge in [-0.15, -0.1) is 0 Å².